The topological polar surface area (TPSA) is 59.3 Å². The fourth-order valence-electron chi connectivity index (χ4n) is 4.18. The van der Waals surface area contributed by atoms with E-state index in [0.717, 1.165) is 26.5 Å². The zero-order valence-corrected chi connectivity index (χ0v) is 22.4. The number of furan rings is 1. The molecular weight excluding hydrogens is 524 g/mol. The highest BCUT2D eigenvalue weighted by Crippen LogP contribution is 2.45. The number of fused-ring (bicyclic) bond motifs is 1. The van der Waals surface area contributed by atoms with E-state index in [4.69, 9.17) is 28.1 Å². The highest BCUT2D eigenvalue weighted by molar-refractivity contribution is 9.10. The number of ether oxygens (including phenoxy) is 5. The van der Waals surface area contributed by atoms with Crippen LogP contribution < -0.4 is 14.2 Å². The molecule has 1 fully saturated rings. The maximum Gasteiger partial charge on any atom is 0.184 e. The normalized spacial score (nSPS) is 15.7. The van der Waals surface area contributed by atoms with Crippen LogP contribution in [0.4, 0.5) is 0 Å². The molecular formula is C29H29BrO6. The Morgan fingerprint density at radius 1 is 0.889 bits per heavy atom. The maximum atomic E-state index is 6.30. The number of benzene rings is 3. The molecule has 4 aromatic rings. The van der Waals surface area contributed by atoms with Gasteiger partial charge in [-0.05, 0) is 51.8 Å². The first-order valence-corrected chi connectivity index (χ1v) is 12.6. The maximum absolute atomic E-state index is 6.30. The lowest BCUT2D eigenvalue weighted by Gasteiger charge is -2.34. The zero-order chi connectivity index (χ0) is 25.3. The third-order valence-corrected chi connectivity index (χ3v) is 6.91. The van der Waals surface area contributed by atoms with E-state index in [9.17, 15) is 0 Å². The second kappa shape index (κ2) is 10.2. The Balaban J connectivity index is 1.46. The van der Waals surface area contributed by atoms with Crippen molar-refractivity contribution >= 4 is 26.9 Å². The first-order valence-electron chi connectivity index (χ1n) is 11.8. The molecule has 0 atom stereocenters. The number of rotatable bonds is 7. The van der Waals surface area contributed by atoms with Crippen molar-refractivity contribution in [3.05, 3.63) is 76.3 Å². The molecule has 0 bridgehead atoms. The zero-order valence-electron chi connectivity index (χ0n) is 20.8. The predicted molar refractivity (Wildman–Crippen MR) is 142 cm³/mol. The molecule has 3 aromatic carbocycles. The van der Waals surface area contributed by atoms with Crippen molar-refractivity contribution in [2.24, 2.45) is 5.41 Å². The molecule has 1 aromatic heterocycles. The molecule has 188 valence electrons. The van der Waals surface area contributed by atoms with Gasteiger partial charge in [0, 0.05) is 21.9 Å². The van der Waals surface area contributed by atoms with E-state index in [0.29, 0.717) is 48.4 Å². The van der Waals surface area contributed by atoms with Crippen LogP contribution in [0.1, 0.15) is 31.3 Å². The van der Waals surface area contributed by atoms with E-state index >= 15 is 0 Å². The van der Waals surface area contributed by atoms with Crippen LogP contribution in [0.15, 0.2) is 69.6 Å². The van der Waals surface area contributed by atoms with E-state index in [1.807, 2.05) is 60.7 Å². The largest absolute Gasteiger partial charge is 0.493 e. The molecule has 5 rings (SSSR count). The van der Waals surface area contributed by atoms with Crippen molar-refractivity contribution in [3.8, 4) is 28.6 Å². The van der Waals surface area contributed by atoms with E-state index in [-0.39, 0.29) is 5.41 Å². The van der Waals surface area contributed by atoms with Gasteiger partial charge in [-0.15, -0.1) is 0 Å². The quantitative estimate of drug-likeness (QED) is 0.236. The molecule has 0 spiro atoms. The van der Waals surface area contributed by atoms with Crippen molar-refractivity contribution in [2.75, 3.05) is 27.4 Å². The lowest BCUT2D eigenvalue weighted by atomic mass is 9.95. The van der Waals surface area contributed by atoms with Gasteiger partial charge in [0.05, 0.1) is 31.9 Å². The summed E-state index contributed by atoms with van der Waals surface area (Å²) < 4.78 is 36.4. The van der Waals surface area contributed by atoms with Gasteiger partial charge in [0.25, 0.3) is 0 Å². The summed E-state index contributed by atoms with van der Waals surface area (Å²) in [4.78, 5) is 0. The smallest absolute Gasteiger partial charge is 0.184 e. The van der Waals surface area contributed by atoms with E-state index in [1.54, 1.807) is 14.2 Å². The Bertz CT molecular complexity index is 1350. The summed E-state index contributed by atoms with van der Waals surface area (Å²) in [6, 6.07) is 19.7. The summed E-state index contributed by atoms with van der Waals surface area (Å²) in [5.41, 5.74) is 3.44. The Hall–Kier alpha value is -3.00. The van der Waals surface area contributed by atoms with Gasteiger partial charge in [-0.25, -0.2) is 0 Å². The first-order chi connectivity index (χ1) is 17.4. The summed E-state index contributed by atoms with van der Waals surface area (Å²) in [6.07, 6.45) is -0.456. The van der Waals surface area contributed by atoms with Gasteiger partial charge in [-0.1, -0.05) is 44.2 Å². The molecule has 2 heterocycles. The van der Waals surface area contributed by atoms with Crippen molar-refractivity contribution in [1.82, 2.24) is 0 Å². The van der Waals surface area contributed by atoms with Crippen molar-refractivity contribution in [1.29, 1.82) is 0 Å². The number of hydrogen-bond donors (Lipinski definition) is 0. The van der Waals surface area contributed by atoms with E-state index < -0.39 is 6.29 Å². The third-order valence-electron chi connectivity index (χ3n) is 6.12. The minimum atomic E-state index is -0.456. The minimum absolute atomic E-state index is 0.00981. The molecule has 0 N–H and O–H groups in total. The van der Waals surface area contributed by atoms with Crippen LogP contribution in [-0.2, 0) is 16.1 Å². The van der Waals surface area contributed by atoms with Crippen LogP contribution in [0.2, 0.25) is 0 Å². The van der Waals surface area contributed by atoms with Crippen LogP contribution in [0.25, 0.3) is 22.3 Å². The molecule has 1 aliphatic rings. The van der Waals surface area contributed by atoms with Crippen LogP contribution in [0.5, 0.6) is 17.2 Å². The summed E-state index contributed by atoms with van der Waals surface area (Å²) in [6.45, 7) is 5.94. The summed E-state index contributed by atoms with van der Waals surface area (Å²) >= 11 is 3.75. The van der Waals surface area contributed by atoms with Crippen molar-refractivity contribution in [2.45, 2.75) is 26.7 Å². The fourth-order valence-corrected chi connectivity index (χ4v) is 4.79. The molecule has 0 saturated carbocycles. The van der Waals surface area contributed by atoms with Crippen molar-refractivity contribution in [3.63, 3.8) is 0 Å². The molecule has 0 radical (unpaired) electrons. The average Bonchev–Trinajstić information content (AvgIpc) is 3.23. The highest BCUT2D eigenvalue weighted by atomic mass is 79.9. The van der Waals surface area contributed by atoms with Gasteiger partial charge in [-0.3, -0.25) is 0 Å². The number of halogens is 1. The second-order valence-electron chi connectivity index (χ2n) is 9.60. The summed E-state index contributed by atoms with van der Waals surface area (Å²) in [5.74, 6) is 2.56. The summed E-state index contributed by atoms with van der Waals surface area (Å²) in [5, 5.41) is 0.875. The molecule has 0 unspecified atom stereocenters. The SMILES string of the molecule is COc1cc(-c2oc3c(OC)cc(C4OCC(C)(C)CO4)cc3c2Br)ccc1OCc1ccccc1. The van der Waals surface area contributed by atoms with Crippen molar-refractivity contribution < 1.29 is 28.1 Å². The van der Waals surface area contributed by atoms with E-state index in [1.165, 1.54) is 0 Å². The minimum Gasteiger partial charge on any atom is -0.493 e. The van der Waals surface area contributed by atoms with Crippen LogP contribution >= 0.6 is 15.9 Å². The molecule has 0 aliphatic carbocycles. The lowest BCUT2D eigenvalue weighted by molar-refractivity contribution is -0.226. The number of methoxy groups -OCH3 is 2. The Morgan fingerprint density at radius 2 is 1.61 bits per heavy atom. The molecule has 6 nitrogen and oxygen atoms in total. The Kier molecular flexibility index (Phi) is 6.97. The Labute approximate surface area is 219 Å². The monoisotopic (exact) mass is 552 g/mol. The summed E-state index contributed by atoms with van der Waals surface area (Å²) in [7, 11) is 3.26. The van der Waals surface area contributed by atoms with Gasteiger partial charge in [-0.2, -0.15) is 0 Å². The van der Waals surface area contributed by atoms with Crippen LogP contribution in [-0.4, -0.2) is 27.4 Å². The van der Waals surface area contributed by atoms with Gasteiger partial charge >= 0.3 is 0 Å². The van der Waals surface area contributed by atoms with E-state index in [2.05, 4.69) is 29.8 Å². The van der Waals surface area contributed by atoms with Crippen LogP contribution in [0, 0.1) is 5.41 Å². The first kappa shape index (κ1) is 24.7. The fraction of sp³-hybridized carbons (Fsp3) is 0.310. The second-order valence-corrected chi connectivity index (χ2v) is 10.4. The van der Waals surface area contributed by atoms with Gasteiger partial charge in [0.1, 0.15) is 12.4 Å². The van der Waals surface area contributed by atoms with Gasteiger partial charge in [0.15, 0.2) is 29.1 Å². The molecule has 36 heavy (non-hydrogen) atoms. The van der Waals surface area contributed by atoms with Crippen LogP contribution in [0.3, 0.4) is 0 Å². The van der Waals surface area contributed by atoms with Gasteiger partial charge < -0.3 is 28.1 Å². The molecule has 1 aliphatic heterocycles. The van der Waals surface area contributed by atoms with Gasteiger partial charge in [0.2, 0.25) is 0 Å². The molecule has 0 amide bonds. The average molecular weight is 553 g/mol. The highest BCUT2D eigenvalue weighted by Gasteiger charge is 2.30. The molecule has 7 heteroatoms. The predicted octanol–water partition coefficient (Wildman–Crippen LogP) is 7.53. The third kappa shape index (κ3) is 4.96. The Morgan fingerprint density at radius 3 is 2.31 bits per heavy atom. The lowest BCUT2D eigenvalue weighted by Crippen LogP contribution is -2.33. The number of hydrogen-bond acceptors (Lipinski definition) is 6. The molecule has 1 saturated heterocycles. The standard InChI is InChI=1S/C29H29BrO6/c1-29(2)16-34-28(35-17-29)20-12-21-25(30)26(36-27(21)24(14-20)32-4)19-10-11-22(23(13-19)31-3)33-15-18-8-6-5-7-9-18/h5-14,28H,15-17H2,1-4H3.